The van der Waals surface area contributed by atoms with E-state index in [4.69, 9.17) is 31.4 Å². The molecule has 4 rings (SSSR count). The van der Waals surface area contributed by atoms with Gasteiger partial charge < -0.3 is 18.8 Å². The first-order valence-electron chi connectivity index (χ1n) is 10.5. The molecule has 0 fully saturated rings. The first kappa shape index (κ1) is 22.2. The molecule has 0 radical (unpaired) electrons. The summed E-state index contributed by atoms with van der Waals surface area (Å²) in [6.45, 7) is 5.45. The summed E-state index contributed by atoms with van der Waals surface area (Å²) in [6, 6.07) is 3.73. The van der Waals surface area contributed by atoms with Gasteiger partial charge in [-0.2, -0.15) is 4.98 Å². The lowest BCUT2D eigenvalue weighted by molar-refractivity contribution is 0.170. The van der Waals surface area contributed by atoms with Crippen LogP contribution in [0.3, 0.4) is 0 Å². The van der Waals surface area contributed by atoms with Crippen molar-refractivity contribution in [2.75, 3.05) is 27.4 Å². The number of hydrogen-bond donors (Lipinski definition) is 2. The molecule has 0 spiro atoms. The second-order valence-corrected chi connectivity index (χ2v) is 8.46. The summed E-state index contributed by atoms with van der Waals surface area (Å²) in [5.74, 6) is 1.74. The van der Waals surface area contributed by atoms with E-state index >= 15 is 0 Å². The van der Waals surface area contributed by atoms with E-state index in [1.54, 1.807) is 20.3 Å². The lowest BCUT2D eigenvalue weighted by atomic mass is 9.89. The molecule has 32 heavy (non-hydrogen) atoms. The van der Waals surface area contributed by atoms with Crippen LogP contribution < -0.4 is 14.9 Å². The van der Waals surface area contributed by atoms with Gasteiger partial charge in [-0.15, -0.1) is 0 Å². The molecule has 0 unspecified atom stereocenters. The third-order valence-corrected chi connectivity index (χ3v) is 5.81. The Morgan fingerprint density at radius 1 is 1.22 bits per heavy atom. The van der Waals surface area contributed by atoms with Crippen LogP contribution in [-0.4, -0.2) is 52.2 Å². The van der Waals surface area contributed by atoms with Crippen LogP contribution in [0.15, 0.2) is 23.1 Å². The van der Waals surface area contributed by atoms with Gasteiger partial charge in [-0.1, -0.05) is 13.8 Å². The predicted octanol–water partition coefficient (Wildman–Crippen LogP) is 3.54. The number of pyridine rings is 2. The standard InChI is InChI=1S/C22H27N5O4S/c1-12(2)15-8-13-9-18(31-7-5-6-29-3)21(30-4)23-19(13)16-10-17(28)14(11-27(15)16)20-24-22(32)26-25-20/h9-12,15H,5-8H2,1-4H3,(H2,24,25,26,32)/t15-/m0/s1. The minimum atomic E-state index is -0.162. The first-order valence-corrected chi connectivity index (χ1v) is 10.9. The van der Waals surface area contributed by atoms with Crippen molar-refractivity contribution in [3.8, 4) is 34.4 Å². The molecule has 3 aromatic rings. The van der Waals surface area contributed by atoms with Gasteiger partial charge in [0, 0.05) is 38.4 Å². The highest BCUT2D eigenvalue weighted by Crippen LogP contribution is 2.40. The summed E-state index contributed by atoms with van der Waals surface area (Å²) in [7, 11) is 3.23. The minimum Gasteiger partial charge on any atom is -0.488 e. The zero-order valence-electron chi connectivity index (χ0n) is 18.6. The number of methoxy groups -OCH3 is 2. The van der Waals surface area contributed by atoms with Crippen molar-refractivity contribution in [1.82, 2.24) is 24.7 Å². The highest BCUT2D eigenvalue weighted by Gasteiger charge is 2.30. The number of aromatic nitrogens is 5. The van der Waals surface area contributed by atoms with Gasteiger partial charge in [0.15, 0.2) is 17.0 Å². The minimum absolute atomic E-state index is 0.135. The van der Waals surface area contributed by atoms with Crippen LogP contribution in [0.1, 0.15) is 31.9 Å². The van der Waals surface area contributed by atoms with Gasteiger partial charge in [0.25, 0.3) is 5.88 Å². The zero-order chi connectivity index (χ0) is 22.8. The van der Waals surface area contributed by atoms with E-state index in [1.807, 2.05) is 12.3 Å². The molecule has 170 valence electrons. The van der Waals surface area contributed by atoms with E-state index in [2.05, 4.69) is 33.6 Å². The van der Waals surface area contributed by atoms with Crippen LogP contribution in [0.2, 0.25) is 0 Å². The SMILES string of the molecule is COCCCOc1cc2c(nc1OC)-c1cc(=O)c(-c3nc(=S)[nH][nH]3)cn1[C@H](C(C)C)C2. The second kappa shape index (κ2) is 9.25. The molecule has 1 aliphatic heterocycles. The fraction of sp³-hybridized carbons (Fsp3) is 0.455. The molecule has 3 aromatic heterocycles. The lowest BCUT2D eigenvalue weighted by Crippen LogP contribution is -2.27. The Kier molecular flexibility index (Phi) is 6.43. The molecule has 0 aliphatic carbocycles. The number of ether oxygens (including phenoxy) is 3. The fourth-order valence-electron chi connectivity index (χ4n) is 4.00. The van der Waals surface area contributed by atoms with Crippen LogP contribution in [0.25, 0.3) is 22.8 Å². The van der Waals surface area contributed by atoms with Gasteiger partial charge in [-0.3, -0.25) is 15.0 Å². The Balaban J connectivity index is 1.82. The molecule has 0 saturated carbocycles. The molecule has 0 bridgehead atoms. The van der Waals surface area contributed by atoms with E-state index in [0.717, 1.165) is 29.8 Å². The van der Waals surface area contributed by atoms with E-state index in [-0.39, 0.29) is 11.5 Å². The van der Waals surface area contributed by atoms with Gasteiger partial charge in [0.1, 0.15) is 0 Å². The molecular formula is C22H27N5O4S. The molecule has 4 heterocycles. The van der Waals surface area contributed by atoms with Crippen molar-refractivity contribution in [3.05, 3.63) is 38.9 Å². The Labute approximate surface area is 190 Å². The molecule has 0 saturated heterocycles. The number of nitrogens with zero attached hydrogens (tertiary/aromatic N) is 3. The van der Waals surface area contributed by atoms with Crippen LogP contribution in [0.4, 0.5) is 0 Å². The summed E-state index contributed by atoms with van der Waals surface area (Å²) in [4.78, 5) is 21.9. The van der Waals surface area contributed by atoms with Crippen molar-refractivity contribution < 1.29 is 14.2 Å². The second-order valence-electron chi connectivity index (χ2n) is 8.07. The molecule has 2 N–H and O–H groups in total. The van der Waals surface area contributed by atoms with Crippen molar-refractivity contribution in [2.24, 2.45) is 5.92 Å². The predicted molar refractivity (Wildman–Crippen MR) is 123 cm³/mol. The molecule has 10 heteroatoms. The van der Waals surface area contributed by atoms with Gasteiger partial charge in [-0.05, 0) is 36.2 Å². The Bertz CT molecular complexity index is 1230. The first-order chi connectivity index (χ1) is 15.4. The van der Waals surface area contributed by atoms with E-state index in [9.17, 15) is 4.79 Å². The maximum atomic E-state index is 13.0. The lowest BCUT2D eigenvalue weighted by Gasteiger charge is -2.33. The monoisotopic (exact) mass is 457 g/mol. The van der Waals surface area contributed by atoms with Crippen molar-refractivity contribution in [2.45, 2.75) is 32.7 Å². The number of nitrogens with one attached hydrogen (secondary N) is 2. The highest BCUT2D eigenvalue weighted by molar-refractivity contribution is 7.71. The maximum Gasteiger partial charge on any atom is 0.257 e. The largest absolute Gasteiger partial charge is 0.488 e. The third kappa shape index (κ3) is 4.20. The molecule has 0 amide bonds. The fourth-order valence-corrected chi connectivity index (χ4v) is 4.14. The zero-order valence-corrected chi connectivity index (χ0v) is 19.4. The number of fused-ring (bicyclic) bond motifs is 3. The smallest absolute Gasteiger partial charge is 0.257 e. The summed E-state index contributed by atoms with van der Waals surface area (Å²) in [6.07, 6.45) is 3.36. The molecule has 9 nitrogen and oxygen atoms in total. The summed E-state index contributed by atoms with van der Waals surface area (Å²) in [5.41, 5.74) is 2.79. The number of H-pyrrole nitrogens is 2. The summed E-state index contributed by atoms with van der Waals surface area (Å²) >= 11 is 5.05. The number of aromatic amines is 2. The maximum absolute atomic E-state index is 13.0. The van der Waals surface area contributed by atoms with Crippen molar-refractivity contribution >= 4 is 12.2 Å². The van der Waals surface area contributed by atoms with Crippen molar-refractivity contribution in [1.29, 1.82) is 0 Å². The van der Waals surface area contributed by atoms with Crippen LogP contribution in [0, 0.1) is 10.7 Å². The Hall–Kier alpha value is -2.98. The molecule has 1 atom stereocenters. The summed E-state index contributed by atoms with van der Waals surface area (Å²) in [5, 5.41) is 5.62. The van der Waals surface area contributed by atoms with Crippen LogP contribution >= 0.6 is 12.2 Å². The topological polar surface area (TPSA) is 107 Å². The van der Waals surface area contributed by atoms with Crippen LogP contribution in [-0.2, 0) is 11.2 Å². The average Bonchev–Trinajstić information content (AvgIpc) is 3.21. The number of hydrogen-bond acceptors (Lipinski definition) is 7. The molecule has 1 aliphatic rings. The van der Waals surface area contributed by atoms with Gasteiger partial charge in [-0.25, -0.2) is 4.98 Å². The molecular weight excluding hydrogens is 430 g/mol. The Morgan fingerprint density at radius 2 is 2.03 bits per heavy atom. The summed E-state index contributed by atoms with van der Waals surface area (Å²) < 4.78 is 18.9. The van der Waals surface area contributed by atoms with E-state index < -0.39 is 0 Å². The van der Waals surface area contributed by atoms with Gasteiger partial charge >= 0.3 is 0 Å². The van der Waals surface area contributed by atoms with E-state index in [0.29, 0.717) is 46.9 Å². The quantitative estimate of drug-likeness (QED) is 0.394. The Morgan fingerprint density at radius 3 is 2.69 bits per heavy atom. The van der Waals surface area contributed by atoms with Gasteiger partial charge in [0.2, 0.25) is 4.77 Å². The van der Waals surface area contributed by atoms with Gasteiger partial charge in [0.05, 0.1) is 30.7 Å². The number of rotatable bonds is 8. The highest BCUT2D eigenvalue weighted by atomic mass is 32.1. The molecule has 0 aromatic carbocycles. The normalized spacial score (nSPS) is 14.8. The third-order valence-electron chi connectivity index (χ3n) is 5.61. The average molecular weight is 458 g/mol. The van der Waals surface area contributed by atoms with Crippen molar-refractivity contribution in [3.63, 3.8) is 0 Å². The van der Waals surface area contributed by atoms with E-state index in [1.165, 1.54) is 0 Å². The van der Waals surface area contributed by atoms with Crippen LogP contribution in [0.5, 0.6) is 11.6 Å².